The van der Waals surface area contributed by atoms with Gasteiger partial charge in [-0.1, -0.05) is 0 Å². The summed E-state index contributed by atoms with van der Waals surface area (Å²) in [6.07, 6.45) is 0. The summed E-state index contributed by atoms with van der Waals surface area (Å²) < 4.78 is 4.22. The lowest BCUT2D eigenvalue weighted by molar-refractivity contribution is -0.143. The number of ether oxygens (including phenoxy) is 1. The van der Waals surface area contributed by atoms with Crippen molar-refractivity contribution in [3.8, 4) is 0 Å². The third-order valence-corrected chi connectivity index (χ3v) is 0.459. The number of nitrogens with one attached hydrogen (secondary N) is 1. The SMILES string of the molecule is [NH]C(=O)COCC(=O)O. The van der Waals surface area contributed by atoms with E-state index in [4.69, 9.17) is 10.8 Å². The first-order valence-electron chi connectivity index (χ1n) is 2.17. The average Bonchev–Trinajstić information content (AvgIpc) is 1.63. The summed E-state index contributed by atoms with van der Waals surface area (Å²) in [7, 11) is 0. The summed E-state index contributed by atoms with van der Waals surface area (Å²) in [5.74, 6) is -2.06. The number of rotatable bonds is 4. The molecule has 0 aliphatic rings. The van der Waals surface area contributed by atoms with Crippen LogP contribution < -0.4 is 5.73 Å². The molecule has 5 heteroatoms. The van der Waals surface area contributed by atoms with E-state index in [2.05, 4.69) is 4.74 Å². The molecule has 0 saturated carbocycles. The molecule has 0 aromatic heterocycles. The summed E-state index contributed by atoms with van der Waals surface area (Å²) in [6, 6.07) is 0. The molecule has 1 radical (unpaired) electrons. The average molecular weight is 132 g/mol. The van der Waals surface area contributed by atoms with Crippen LogP contribution in [0.4, 0.5) is 0 Å². The molecule has 0 saturated heterocycles. The quantitative estimate of drug-likeness (QED) is 0.525. The Hall–Kier alpha value is -1.10. The van der Waals surface area contributed by atoms with Crippen LogP contribution >= 0.6 is 0 Å². The molecule has 5 nitrogen and oxygen atoms in total. The minimum absolute atomic E-state index is 0.452. The van der Waals surface area contributed by atoms with Crippen LogP contribution in [-0.2, 0) is 14.3 Å². The zero-order valence-electron chi connectivity index (χ0n) is 4.59. The van der Waals surface area contributed by atoms with Gasteiger partial charge in [0.25, 0.3) is 5.91 Å². The van der Waals surface area contributed by atoms with E-state index < -0.39 is 25.1 Å². The van der Waals surface area contributed by atoms with Gasteiger partial charge in [-0.3, -0.25) is 10.5 Å². The Morgan fingerprint density at radius 3 is 2.33 bits per heavy atom. The molecular weight excluding hydrogens is 126 g/mol. The monoisotopic (exact) mass is 132 g/mol. The molecule has 0 bridgehead atoms. The maximum Gasteiger partial charge on any atom is 0.329 e. The van der Waals surface area contributed by atoms with E-state index in [0.29, 0.717) is 0 Å². The zero-order chi connectivity index (χ0) is 7.28. The number of carboxylic acids is 1. The van der Waals surface area contributed by atoms with Crippen molar-refractivity contribution in [3.05, 3.63) is 0 Å². The predicted octanol–water partition coefficient (Wildman–Crippen LogP) is -1.10. The van der Waals surface area contributed by atoms with Gasteiger partial charge in [0.15, 0.2) is 0 Å². The standard InChI is InChI=1S/C4H6NO4/c5-3(6)1-9-2-4(7)8/h5H,1-2H2,(H,7,8). The maximum absolute atomic E-state index is 9.77. The molecular formula is C4H6NO4. The molecule has 2 N–H and O–H groups in total. The van der Waals surface area contributed by atoms with E-state index >= 15 is 0 Å². The number of carbonyl (C=O) groups excluding carboxylic acids is 1. The molecule has 0 heterocycles. The van der Waals surface area contributed by atoms with Crippen LogP contribution in [0, 0.1) is 0 Å². The van der Waals surface area contributed by atoms with Gasteiger partial charge in [-0.05, 0) is 0 Å². The summed E-state index contributed by atoms with van der Waals surface area (Å²) in [6.45, 7) is -0.975. The van der Waals surface area contributed by atoms with Crippen LogP contribution in [0.25, 0.3) is 0 Å². The maximum atomic E-state index is 9.77. The molecule has 0 fully saturated rings. The first-order valence-corrected chi connectivity index (χ1v) is 2.17. The Labute approximate surface area is 51.4 Å². The van der Waals surface area contributed by atoms with Gasteiger partial charge in [0.2, 0.25) is 0 Å². The van der Waals surface area contributed by atoms with Crippen molar-refractivity contribution in [2.75, 3.05) is 13.2 Å². The van der Waals surface area contributed by atoms with Crippen molar-refractivity contribution < 1.29 is 19.4 Å². The van der Waals surface area contributed by atoms with E-state index in [1.165, 1.54) is 0 Å². The molecule has 0 aliphatic carbocycles. The summed E-state index contributed by atoms with van der Waals surface area (Å²) in [4.78, 5) is 19.5. The third-order valence-electron chi connectivity index (χ3n) is 0.459. The van der Waals surface area contributed by atoms with E-state index in [9.17, 15) is 9.59 Å². The fourth-order valence-corrected chi connectivity index (χ4v) is 0.231. The normalized spacial score (nSPS) is 8.89. The number of carboxylic acid groups (broad SMARTS) is 1. The molecule has 0 aliphatic heterocycles. The molecule has 0 atom stereocenters. The van der Waals surface area contributed by atoms with Crippen molar-refractivity contribution in [1.82, 2.24) is 5.73 Å². The number of hydrogen-bond donors (Lipinski definition) is 1. The smallest absolute Gasteiger partial charge is 0.329 e. The van der Waals surface area contributed by atoms with Crippen LogP contribution in [0.5, 0.6) is 0 Å². The minimum atomic E-state index is -1.14. The Balaban J connectivity index is 3.10. The lowest BCUT2D eigenvalue weighted by Gasteiger charge is -1.92. The highest BCUT2D eigenvalue weighted by molar-refractivity contribution is 5.75. The molecule has 0 spiro atoms. The minimum Gasteiger partial charge on any atom is -0.480 e. The molecule has 0 unspecified atom stereocenters. The number of hydrogen-bond acceptors (Lipinski definition) is 3. The van der Waals surface area contributed by atoms with Gasteiger partial charge < -0.3 is 9.84 Å². The first-order chi connectivity index (χ1) is 4.13. The van der Waals surface area contributed by atoms with Crippen LogP contribution in [0.1, 0.15) is 0 Å². The van der Waals surface area contributed by atoms with Gasteiger partial charge in [0, 0.05) is 0 Å². The number of carbonyl (C=O) groups is 2. The van der Waals surface area contributed by atoms with E-state index in [1.807, 2.05) is 0 Å². The second-order valence-electron chi connectivity index (χ2n) is 1.31. The van der Waals surface area contributed by atoms with Gasteiger partial charge in [-0.2, -0.15) is 0 Å². The second kappa shape index (κ2) is 3.85. The zero-order valence-corrected chi connectivity index (χ0v) is 4.59. The second-order valence-corrected chi connectivity index (χ2v) is 1.31. The fraction of sp³-hybridized carbons (Fsp3) is 0.500. The molecule has 9 heavy (non-hydrogen) atoms. The molecule has 51 valence electrons. The topological polar surface area (TPSA) is 87.4 Å². The van der Waals surface area contributed by atoms with Gasteiger partial charge in [0.05, 0.1) is 0 Å². The van der Waals surface area contributed by atoms with E-state index in [0.717, 1.165) is 0 Å². The summed E-state index contributed by atoms with van der Waals surface area (Å²) in [5.41, 5.74) is 6.27. The summed E-state index contributed by atoms with van der Waals surface area (Å²) >= 11 is 0. The van der Waals surface area contributed by atoms with E-state index in [-0.39, 0.29) is 0 Å². The highest BCUT2D eigenvalue weighted by atomic mass is 16.5. The van der Waals surface area contributed by atoms with Crippen molar-refractivity contribution in [2.24, 2.45) is 0 Å². The van der Waals surface area contributed by atoms with Gasteiger partial charge in [-0.15, -0.1) is 0 Å². The molecule has 0 rings (SSSR count). The Kier molecular flexibility index (Phi) is 3.38. The molecule has 0 aromatic carbocycles. The Morgan fingerprint density at radius 2 is 2.00 bits per heavy atom. The lowest BCUT2D eigenvalue weighted by Crippen LogP contribution is -2.14. The van der Waals surface area contributed by atoms with Gasteiger partial charge in [0.1, 0.15) is 13.2 Å². The predicted molar refractivity (Wildman–Crippen MR) is 26.6 cm³/mol. The third kappa shape index (κ3) is 6.90. The highest BCUT2D eigenvalue weighted by Gasteiger charge is 1.98. The van der Waals surface area contributed by atoms with Crippen LogP contribution in [0.3, 0.4) is 0 Å². The lowest BCUT2D eigenvalue weighted by atomic mass is 10.7. The Morgan fingerprint density at radius 1 is 1.44 bits per heavy atom. The number of amides is 1. The van der Waals surface area contributed by atoms with Crippen molar-refractivity contribution in [1.29, 1.82) is 0 Å². The molecule has 0 aromatic rings. The van der Waals surface area contributed by atoms with Crippen molar-refractivity contribution in [3.63, 3.8) is 0 Å². The van der Waals surface area contributed by atoms with Crippen molar-refractivity contribution in [2.45, 2.75) is 0 Å². The first kappa shape index (κ1) is 7.90. The Bertz CT molecular complexity index is 108. The van der Waals surface area contributed by atoms with Crippen LogP contribution in [0.2, 0.25) is 0 Å². The van der Waals surface area contributed by atoms with Gasteiger partial charge >= 0.3 is 5.97 Å². The van der Waals surface area contributed by atoms with Crippen LogP contribution in [0.15, 0.2) is 0 Å². The summed E-state index contributed by atoms with van der Waals surface area (Å²) in [5, 5.41) is 7.93. The van der Waals surface area contributed by atoms with Gasteiger partial charge in [-0.25, -0.2) is 4.79 Å². The highest BCUT2D eigenvalue weighted by Crippen LogP contribution is 1.72. The largest absolute Gasteiger partial charge is 0.480 e. The number of aliphatic carboxylic acids is 1. The van der Waals surface area contributed by atoms with E-state index in [1.54, 1.807) is 0 Å². The fourth-order valence-electron chi connectivity index (χ4n) is 0.231. The van der Waals surface area contributed by atoms with Crippen molar-refractivity contribution >= 4 is 11.9 Å². The molecule has 1 amide bonds. The van der Waals surface area contributed by atoms with Crippen LogP contribution in [-0.4, -0.2) is 30.2 Å².